The van der Waals surface area contributed by atoms with Crippen molar-refractivity contribution in [3.05, 3.63) is 40.1 Å². The predicted molar refractivity (Wildman–Crippen MR) is 97.2 cm³/mol. The van der Waals surface area contributed by atoms with Crippen LogP contribution in [0.2, 0.25) is 5.02 Å². The number of nitrogens with two attached hydrogens (primary N) is 1. The number of carbonyl (C=O) groups is 2. The Bertz CT molecular complexity index is 826. The Labute approximate surface area is 165 Å². The van der Waals surface area contributed by atoms with E-state index in [-0.39, 0.29) is 27.9 Å². The number of alkyl halides is 3. The van der Waals surface area contributed by atoms with Gasteiger partial charge >= 0.3 is 12.1 Å². The number of ether oxygens (including phenoxy) is 1. The zero-order valence-corrected chi connectivity index (χ0v) is 16.1. The number of hydrogen-bond donors (Lipinski definition) is 2. The number of Topliss-reactive ketones (excluding diaryl/α,β-unsaturated/α-hetero) is 1. The van der Waals surface area contributed by atoms with Gasteiger partial charge in [0.05, 0.1) is 16.3 Å². The van der Waals surface area contributed by atoms with Gasteiger partial charge in [0.25, 0.3) is 0 Å². The van der Waals surface area contributed by atoms with Crippen molar-refractivity contribution < 1.29 is 27.5 Å². The molecule has 1 rings (SSSR count). The fraction of sp³-hybridized carbons (Fsp3) is 0.389. The molecule has 0 fully saturated rings. The van der Waals surface area contributed by atoms with Gasteiger partial charge in [-0.25, -0.2) is 4.79 Å². The van der Waals surface area contributed by atoms with Gasteiger partial charge in [0.1, 0.15) is 17.7 Å². The minimum atomic E-state index is -4.55. The molecule has 0 heterocycles. The van der Waals surface area contributed by atoms with Crippen LogP contribution >= 0.6 is 11.6 Å². The van der Waals surface area contributed by atoms with E-state index in [0.29, 0.717) is 0 Å². The van der Waals surface area contributed by atoms with Crippen LogP contribution in [-0.4, -0.2) is 24.4 Å². The van der Waals surface area contributed by atoms with Crippen LogP contribution in [-0.2, 0) is 20.5 Å². The topological polar surface area (TPSA) is 105 Å². The van der Waals surface area contributed by atoms with E-state index in [2.05, 4.69) is 5.32 Å². The summed E-state index contributed by atoms with van der Waals surface area (Å²) in [4.78, 5) is 24.2. The minimum absolute atomic E-state index is 0.00128. The highest BCUT2D eigenvalue weighted by Gasteiger charge is 2.31. The third-order valence-corrected chi connectivity index (χ3v) is 3.97. The normalized spacial score (nSPS) is 13.4. The van der Waals surface area contributed by atoms with Crippen molar-refractivity contribution in [1.82, 2.24) is 0 Å². The largest absolute Gasteiger partial charge is 0.456 e. The number of nitrogens with zero attached hydrogens (tertiary/aromatic N) is 1. The molecule has 3 N–H and O–H groups in total. The van der Waals surface area contributed by atoms with Crippen molar-refractivity contribution in [1.29, 1.82) is 5.26 Å². The Morgan fingerprint density at radius 1 is 1.36 bits per heavy atom. The third-order valence-electron chi connectivity index (χ3n) is 3.66. The number of hydrogen-bond acceptors (Lipinski definition) is 6. The molecule has 1 aromatic rings. The number of benzene rings is 1. The van der Waals surface area contributed by atoms with Crippen molar-refractivity contribution in [2.45, 2.75) is 33.0 Å². The lowest BCUT2D eigenvalue weighted by molar-refractivity contribution is -0.148. The summed E-state index contributed by atoms with van der Waals surface area (Å²) < 4.78 is 43.1. The molecule has 0 aliphatic rings. The molecule has 0 amide bonds. The summed E-state index contributed by atoms with van der Waals surface area (Å²) in [6.45, 7) is 4.01. The van der Waals surface area contributed by atoms with Crippen LogP contribution in [0.15, 0.2) is 29.5 Å². The van der Waals surface area contributed by atoms with E-state index in [1.54, 1.807) is 19.9 Å². The third kappa shape index (κ3) is 6.16. The first kappa shape index (κ1) is 23.3. The summed E-state index contributed by atoms with van der Waals surface area (Å²) in [5.41, 5.74) is 4.28. The van der Waals surface area contributed by atoms with Crippen LogP contribution < -0.4 is 11.1 Å². The molecule has 0 unspecified atom stereocenters. The highest BCUT2D eigenvalue weighted by Crippen LogP contribution is 2.34. The first-order valence-corrected chi connectivity index (χ1v) is 8.45. The van der Waals surface area contributed by atoms with E-state index in [9.17, 15) is 22.8 Å². The first-order valence-electron chi connectivity index (χ1n) is 8.08. The number of anilines is 1. The van der Waals surface area contributed by atoms with E-state index >= 15 is 0 Å². The van der Waals surface area contributed by atoms with Crippen LogP contribution in [0.3, 0.4) is 0 Å². The number of ketones is 1. The quantitative estimate of drug-likeness (QED) is 0.398. The van der Waals surface area contributed by atoms with Gasteiger partial charge in [0.2, 0.25) is 5.78 Å². The molecule has 152 valence electrons. The van der Waals surface area contributed by atoms with Gasteiger partial charge in [-0.3, -0.25) is 4.79 Å². The molecule has 0 spiro atoms. The molecule has 0 aromatic heterocycles. The van der Waals surface area contributed by atoms with Crippen LogP contribution in [0.25, 0.3) is 0 Å². The average Bonchev–Trinajstić information content (AvgIpc) is 2.57. The number of halogens is 4. The van der Waals surface area contributed by atoms with Crippen molar-refractivity contribution in [3.63, 3.8) is 0 Å². The van der Waals surface area contributed by atoms with Crippen molar-refractivity contribution in [3.8, 4) is 6.07 Å². The Morgan fingerprint density at radius 2 is 1.96 bits per heavy atom. The highest BCUT2D eigenvalue weighted by molar-refractivity contribution is 6.33. The zero-order valence-electron chi connectivity index (χ0n) is 15.4. The second kappa shape index (κ2) is 9.46. The fourth-order valence-corrected chi connectivity index (χ4v) is 2.38. The molecular weight excluding hydrogens is 399 g/mol. The van der Waals surface area contributed by atoms with E-state index in [1.165, 1.54) is 6.92 Å². The first-order chi connectivity index (χ1) is 12.9. The maximum absolute atomic E-state index is 12.7. The fourth-order valence-electron chi connectivity index (χ4n) is 2.14. The number of esters is 1. The van der Waals surface area contributed by atoms with Gasteiger partial charge < -0.3 is 15.8 Å². The van der Waals surface area contributed by atoms with Crippen molar-refractivity contribution in [2.75, 3.05) is 11.9 Å². The summed E-state index contributed by atoms with van der Waals surface area (Å²) >= 11 is 5.89. The molecule has 0 saturated carbocycles. The molecule has 1 aromatic carbocycles. The zero-order chi connectivity index (χ0) is 21.6. The van der Waals surface area contributed by atoms with Gasteiger partial charge in [0.15, 0.2) is 6.61 Å². The van der Waals surface area contributed by atoms with E-state index < -0.39 is 36.1 Å². The summed E-state index contributed by atoms with van der Waals surface area (Å²) in [6, 6.07) is 3.31. The molecule has 10 heteroatoms. The number of nitrogens with one attached hydrogen (secondary N) is 1. The lowest BCUT2D eigenvalue weighted by Gasteiger charge is -2.22. The molecule has 0 bridgehead atoms. The Hall–Kier alpha value is -2.73. The molecular formula is C18H19ClF3N3O3. The van der Waals surface area contributed by atoms with E-state index in [1.807, 2.05) is 0 Å². The van der Waals surface area contributed by atoms with Crippen LogP contribution in [0.1, 0.15) is 26.3 Å². The molecule has 1 atom stereocenters. The molecule has 0 saturated heterocycles. The average molecular weight is 418 g/mol. The van der Waals surface area contributed by atoms with Gasteiger partial charge in [-0.15, -0.1) is 0 Å². The van der Waals surface area contributed by atoms with Crippen LogP contribution in [0.4, 0.5) is 18.9 Å². The Balaban J connectivity index is 2.92. The summed E-state index contributed by atoms with van der Waals surface area (Å²) in [5.74, 6) is -1.93. The predicted octanol–water partition coefficient (Wildman–Crippen LogP) is 3.66. The lowest BCUT2D eigenvalue weighted by Crippen LogP contribution is -2.37. The second-order valence-electron chi connectivity index (χ2n) is 6.26. The van der Waals surface area contributed by atoms with Gasteiger partial charge in [-0.05, 0) is 31.0 Å². The highest BCUT2D eigenvalue weighted by atomic mass is 35.5. The van der Waals surface area contributed by atoms with Crippen LogP contribution in [0.5, 0.6) is 0 Å². The van der Waals surface area contributed by atoms with Crippen molar-refractivity contribution in [2.24, 2.45) is 11.7 Å². The van der Waals surface area contributed by atoms with Crippen molar-refractivity contribution >= 4 is 29.0 Å². The molecule has 0 aliphatic carbocycles. The molecule has 0 radical (unpaired) electrons. The number of nitriles is 1. The SMILES string of the molecule is C/C(N)=C(/C#N)C(=O)COC(=O)[C@@H](Nc1ccc(C(F)(F)F)cc1Cl)C(C)C. The van der Waals surface area contributed by atoms with Crippen LogP contribution in [0, 0.1) is 17.2 Å². The second-order valence-corrected chi connectivity index (χ2v) is 6.67. The number of rotatable bonds is 7. The monoisotopic (exact) mass is 417 g/mol. The smallest absolute Gasteiger partial charge is 0.416 e. The summed E-state index contributed by atoms with van der Waals surface area (Å²) in [7, 11) is 0. The van der Waals surface area contributed by atoms with Gasteiger partial charge in [-0.1, -0.05) is 25.4 Å². The Morgan fingerprint density at radius 3 is 2.39 bits per heavy atom. The molecule has 28 heavy (non-hydrogen) atoms. The Kier molecular flexibility index (Phi) is 7.88. The summed E-state index contributed by atoms with van der Waals surface area (Å²) in [6.07, 6.45) is -4.55. The van der Waals surface area contributed by atoms with E-state index in [0.717, 1.165) is 18.2 Å². The van der Waals surface area contributed by atoms with E-state index in [4.69, 9.17) is 27.3 Å². The number of carbonyl (C=O) groups excluding carboxylic acids is 2. The lowest BCUT2D eigenvalue weighted by atomic mass is 10.0. The van der Waals surface area contributed by atoms with Gasteiger partial charge in [0, 0.05) is 5.70 Å². The molecule has 0 aliphatic heterocycles. The summed E-state index contributed by atoms with van der Waals surface area (Å²) in [5, 5.41) is 11.4. The van der Waals surface area contributed by atoms with Gasteiger partial charge in [-0.2, -0.15) is 18.4 Å². The minimum Gasteiger partial charge on any atom is -0.456 e. The number of allylic oxidation sites excluding steroid dienone is 1. The standard InChI is InChI=1S/C18H19ClF3N3O3/c1-9(2)16(17(27)28-8-15(26)12(7-23)10(3)24)25-14-5-4-11(6-13(14)19)18(20,21)22/h4-6,9,16,25H,8,24H2,1-3H3/b12-10+/t16-/m0/s1. The molecule has 6 nitrogen and oxygen atoms in total. The maximum atomic E-state index is 12.7. The maximum Gasteiger partial charge on any atom is 0.416 e.